The number of benzene rings is 1. The predicted molar refractivity (Wildman–Crippen MR) is 59.3 cm³/mol. The van der Waals surface area contributed by atoms with Gasteiger partial charge in [-0.2, -0.15) is 5.26 Å². The predicted octanol–water partition coefficient (Wildman–Crippen LogP) is 1.56. The van der Waals surface area contributed by atoms with Gasteiger partial charge in [-0.25, -0.2) is 0 Å². The van der Waals surface area contributed by atoms with Gasteiger partial charge in [0.15, 0.2) is 0 Å². The maximum atomic E-state index is 10.6. The van der Waals surface area contributed by atoms with E-state index in [0.717, 1.165) is 6.07 Å². The first-order chi connectivity index (χ1) is 7.97. The van der Waals surface area contributed by atoms with Crippen molar-refractivity contribution < 1.29 is 15.1 Å². The fraction of sp³-hybridized carbons (Fsp3) is 0.300. The number of hydrogen-bond acceptors (Lipinski definition) is 5. The Balaban J connectivity index is 3.04. The van der Waals surface area contributed by atoms with Gasteiger partial charge in [-0.05, 0) is 11.6 Å². The molecule has 7 heteroatoms. The molecule has 0 aliphatic heterocycles. The molecule has 0 heterocycles. The molecule has 0 aliphatic rings. The van der Waals surface area contributed by atoms with Crippen LogP contribution in [0.15, 0.2) is 18.2 Å². The lowest BCUT2D eigenvalue weighted by atomic mass is 10.0. The Morgan fingerprint density at radius 3 is 2.71 bits per heavy atom. The van der Waals surface area contributed by atoms with Crippen molar-refractivity contribution in [1.29, 1.82) is 5.26 Å². The fourth-order valence-electron chi connectivity index (χ4n) is 1.28. The van der Waals surface area contributed by atoms with E-state index in [9.17, 15) is 20.3 Å². The quantitative estimate of drug-likeness (QED) is 0.628. The van der Waals surface area contributed by atoms with Gasteiger partial charge in [0.1, 0.15) is 11.1 Å². The largest absolute Gasteiger partial charge is 0.389 e. The van der Waals surface area contributed by atoms with Crippen LogP contribution in [0.2, 0.25) is 5.02 Å². The van der Waals surface area contributed by atoms with Crippen LogP contribution in [-0.4, -0.2) is 21.2 Å². The minimum Gasteiger partial charge on any atom is -0.389 e. The number of hydrogen-bond donors (Lipinski definition) is 2. The molecule has 0 bridgehead atoms. The smallest absolute Gasteiger partial charge is 0.288 e. The molecule has 0 amide bonds. The maximum absolute atomic E-state index is 10.6. The standard InChI is InChI=1S/C10H9ClN2O4/c11-7-2-1-6(5-8(7)13(16)17)10(15)9(14)3-4-12/h1-2,5,9-10,14-15H,3H2. The van der Waals surface area contributed by atoms with E-state index in [0.29, 0.717) is 0 Å². The molecule has 2 atom stereocenters. The minimum atomic E-state index is -1.36. The maximum Gasteiger partial charge on any atom is 0.288 e. The Hall–Kier alpha value is -1.68. The summed E-state index contributed by atoms with van der Waals surface area (Å²) < 4.78 is 0. The number of aliphatic hydroxyl groups is 2. The zero-order valence-electron chi connectivity index (χ0n) is 8.58. The van der Waals surface area contributed by atoms with Gasteiger partial charge >= 0.3 is 0 Å². The topological polar surface area (TPSA) is 107 Å². The van der Waals surface area contributed by atoms with Crippen LogP contribution in [-0.2, 0) is 0 Å². The Morgan fingerprint density at radius 1 is 1.53 bits per heavy atom. The summed E-state index contributed by atoms with van der Waals surface area (Å²) in [6, 6.07) is 5.40. The van der Waals surface area contributed by atoms with E-state index in [1.165, 1.54) is 12.1 Å². The first kappa shape index (κ1) is 13.4. The van der Waals surface area contributed by atoms with E-state index < -0.39 is 17.1 Å². The van der Waals surface area contributed by atoms with E-state index in [4.69, 9.17) is 16.9 Å². The van der Waals surface area contributed by atoms with E-state index >= 15 is 0 Å². The summed E-state index contributed by atoms with van der Waals surface area (Å²) in [6.07, 6.45) is -2.91. The van der Waals surface area contributed by atoms with Crippen molar-refractivity contribution in [2.24, 2.45) is 0 Å². The molecular formula is C10H9ClN2O4. The van der Waals surface area contributed by atoms with E-state index in [-0.39, 0.29) is 22.7 Å². The molecule has 2 N–H and O–H groups in total. The third kappa shape index (κ3) is 3.14. The molecule has 0 saturated carbocycles. The molecule has 2 unspecified atom stereocenters. The van der Waals surface area contributed by atoms with E-state index in [2.05, 4.69) is 0 Å². The van der Waals surface area contributed by atoms with Crippen molar-refractivity contribution in [3.05, 3.63) is 38.9 Å². The molecule has 0 spiro atoms. The highest BCUT2D eigenvalue weighted by atomic mass is 35.5. The van der Waals surface area contributed by atoms with Crippen molar-refractivity contribution in [2.75, 3.05) is 0 Å². The molecule has 17 heavy (non-hydrogen) atoms. The van der Waals surface area contributed by atoms with Crippen LogP contribution in [0.5, 0.6) is 0 Å². The summed E-state index contributed by atoms with van der Waals surface area (Å²) in [4.78, 5) is 9.93. The summed E-state index contributed by atoms with van der Waals surface area (Å²) in [5, 5.41) is 38.0. The summed E-state index contributed by atoms with van der Waals surface area (Å²) in [6.45, 7) is 0. The number of nitro benzene ring substituents is 1. The van der Waals surface area contributed by atoms with Crippen LogP contribution in [0, 0.1) is 21.4 Å². The van der Waals surface area contributed by atoms with Crippen LogP contribution in [0.4, 0.5) is 5.69 Å². The van der Waals surface area contributed by atoms with Crippen molar-refractivity contribution in [3.8, 4) is 6.07 Å². The molecule has 0 aliphatic carbocycles. The summed E-state index contributed by atoms with van der Waals surface area (Å²) >= 11 is 5.60. The Labute approximate surface area is 102 Å². The lowest BCUT2D eigenvalue weighted by Gasteiger charge is -2.15. The normalized spacial score (nSPS) is 13.8. The first-order valence-electron chi connectivity index (χ1n) is 4.64. The monoisotopic (exact) mass is 256 g/mol. The Morgan fingerprint density at radius 2 is 2.18 bits per heavy atom. The molecule has 1 aromatic carbocycles. The van der Waals surface area contributed by atoms with Gasteiger partial charge < -0.3 is 10.2 Å². The average Bonchev–Trinajstić information content (AvgIpc) is 2.28. The highest BCUT2D eigenvalue weighted by Gasteiger charge is 2.21. The fourth-order valence-corrected chi connectivity index (χ4v) is 1.47. The third-order valence-electron chi connectivity index (χ3n) is 2.17. The van der Waals surface area contributed by atoms with Gasteiger partial charge in [0.05, 0.1) is 23.5 Å². The highest BCUT2D eigenvalue weighted by Crippen LogP contribution is 2.29. The van der Waals surface area contributed by atoms with Crippen LogP contribution in [0.1, 0.15) is 18.1 Å². The zero-order valence-corrected chi connectivity index (χ0v) is 9.33. The van der Waals surface area contributed by atoms with Crippen molar-refractivity contribution in [1.82, 2.24) is 0 Å². The highest BCUT2D eigenvalue weighted by molar-refractivity contribution is 6.32. The second kappa shape index (κ2) is 5.59. The number of aliphatic hydroxyl groups excluding tert-OH is 2. The van der Waals surface area contributed by atoms with Crippen LogP contribution >= 0.6 is 11.6 Å². The molecule has 1 aromatic rings. The summed E-state index contributed by atoms with van der Waals surface area (Å²) in [5.41, 5.74) is -0.212. The second-order valence-electron chi connectivity index (χ2n) is 3.34. The van der Waals surface area contributed by atoms with Crippen molar-refractivity contribution in [2.45, 2.75) is 18.6 Å². The van der Waals surface area contributed by atoms with Crippen LogP contribution in [0.3, 0.4) is 0 Å². The lowest BCUT2D eigenvalue weighted by molar-refractivity contribution is -0.384. The molecule has 0 fully saturated rings. The second-order valence-corrected chi connectivity index (χ2v) is 3.75. The number of nitriles is 1. The van der Waals surface area contributed by atoms with Gasteiger partial charge in [0, 0.05) is 6.07 Å². The number of rotatable bonds is 4. The van der Waals surface area contributed by atoms with Crippen molar-refractivity contribution in [3.63, 3.8) is 0 Å². The molecule has 0 radical (unpaired) electrons. The SMILES string of the molecule is N#CCC(O)C(O)c1ccc(Cl)c([N+](=O)[O-])c1. The average molecular weight is 257 g/mol. The summed E-state index contributed by atoms with van der Waals surface area (Å²) in [7, 11) is 0. The van der Waals surface area contributed by atoms with Crippen molar-refractivity contribution >= 4 is 17.3 Å². The molecule has 0 aromatic heterocycles. The van der Waals surface area contributed by atoms with Crippen LogP contribution < -0.4 is 0 Å². The molecular weight excluding hydrogens is 248 g/mol. The number of halogens is 1. The molecule has 1 rings (SSSR count). The zero-order chi connectivity index (χ0) is 13.0. The first-order valence-corrected chi connectivity index (χ1v) is 5.02. The number of nitrogens with zero attached hydrogens (tertiary/aromatic N) is 2. The minimum absolute atomic E-state index is 0.0549. The van der Waals surface area contributed by atoms with Crippen LogP contribution in [0.25, 0.3) is 0 Å². The van der Waals surface area contributed by atoms with Gasteiger partial charge in [-0.1, -0.05) is 17.7 Å². The lowest BCUT2D eigenvalue weighted by Crippen LogP contribution is -2.17. The summed E-state index contributed by atoms with van der Waals surface area (Å²) in [5.74, 6) is 0. The Kier molecular flexibility index (Phi) is 4.40. The van der Waals surface area contributed by atoms with Gasteiger partial charge in [-0.15, -0.1) is 0 Å². The van der Waals surface area contributed by atoms with E-state index in [1.807, 2.05) is 0 Å². The molecule has 0 saturated heterocycles. The molecule has 90 valence electrons. The van der Waals surface area contributed by atoms with Gasteiger partial charge in [0.2, 0.25) is 0 Å². The van der Waals surface area contributed by atoms with E-state index in [1.54, 1.807) is 6.07 Å². The van der Waals surface area contributed by atoms with Gasteiger partial charge in [0.25, 0.3) is 5.69 Å². The third-order valence-corrected chi connectivity index (χ3v) is 2.49. The molecule has 6 nitrogen and oxygen atoms in total. The van der Waals surface area contributed by atoms with Gasteiger partial charge in [-0.3, -0.25) is 10.1 Å². The number of nitro groups is 1. The Bertz CT molecular complexity index is 472.